The number of nitrogens with one attached hydrogen (secondary N) is 1. The molecular weight excluding hydrogens is 515 g/mol. The van der Waals surface area contributed by atoms with Gasteiger partial charge in [0.2, 0.25) is 0 Å². The van der Waals surface area contributed by atoms with Crippen molar-refractivity contribution in [2.45, 2.75) is 39.2 Å². The molecule has 4 rings (SSSR count). The third-order valence-corrected chi connectivity index (χ3v) is 6.25. The van der Waals surface area contributed by atoms with Gasteiger partial charge in [-0.25, -0.2) is 4.68 Å². The van der Waals surface area contributed by atoms with Crippen LogP contribution in [0.15, 0.2) is 41.5 Å². The summed E-state index contributed by atoms with van der Waals surface area (Å²) >= 11 is 0. The van der Waals surface area contributed by atoms with Gasteiger partial charge in [0.25, 0.3) is 0 Å². The van der Waals surface area contributed by atoms with E-state index in [-0.39, 0.29) is 24.0 Å². The Kier molecular flexibility index (Phi) is 9.80. The number of likely N-dealkylation sites (tertiary alicyclic amines) is 1. The number of hydrogen-bond acceptors (Lipinski definition) is 4. The smallest absolute Gasteiger partial charge is 0.193 e. The minimum Gasteiger partial charge on any atom is -0.379 e. The number of para-hydroxylation sites is 1. The largest absolute Gasteiger partial charge is 0.379 e. The maximum atomic E-state index is 5.51. The Hall–Kier alpha value is -1.65. The molecule has 2 aliphatic heterocycles. The molecule has 2 aliphatic rings. The molecule has 176 valence electrons. The highest BCUT2D eigenvalue weighted by molar-refractivity contribution is 14.0. The minimum absolute atomic E-state index is 0. The van der Waals surface area contributed by atoms with Crippen LogP contribution in [-0.4, -0.2) is 84.1 Å². The first-order valence-corrected chi connectivity index (χ1v) is 11.7. The van der Waals surface area contributed by atoms with Gasteiger partial charge in [-0.1, -0.05) is 18.2 Å². The van der Waals surface area contributed by atoms with Crippen molar-refractivity contribution in [3.05, 3.63) is 47.8 Å². The van der Waals surface area contributed by atoms with Gasteiger partial charge in [-0.15, -0.1) is 24.0 Å². The number of hydrogen-bond donors (Lipinski definition) is 1. The average molecular weight is 553 g/mol. The fourth-order valence-corrected chi connectivity index (χ4v) is 4.51. The molecule has 1 N–H and O–H groups in total. The van der Waals surface area contributed by atoms with Gasteiger partial charge in [0.15, 0.2) is 5.96 Å². The quantitative estimate of drug-likeness (QED) is 0.248. The Morgan fingerprint density at radius 2 is 1.97 bits per heavy atom. The van der Waals surface area contributed by atoms with E-state index < -0.39 is 0 Å². The lowest BCUT2D eigenvalue weighted by Gasteiger charge is -2.32. The summed E-state index contributed by atoms with van der Waals surface area (Å²) in [5.74, 6) is 1.06. The molecule has 2 fully saturated rings. The second-order valence-corrected chi connectivity index (χ2v) is 8.40. The van der Waals surface area contributed by atoms with Crippen LogP contribution in [0.4, 0.5) is 0 Å². The summed E-state index contributed by atoms with van der Waals surface area (Å²) in [6.07, 6.45) is 5.39. The molecule has 0 amide bonds. The van der Waals surface area contributed by atoms with Crippen LogP contribution in [0, 0.1) is 6.92 Å². The normalized spacial score (nSPS) is 19.8. The number of rotatable bonds is 7. The molecule has 1 aromatic carbocycles. The first-order valence-electron chi connectivity index (χ1n) is 11.7. The Morgan fingerprint density at radius 1 is 1.19 bits per heavy atom. The summed E-state index contributed by atoms with van der Waals surface area (Å²) < 4.78 is 7.49. The van der Waals surface area contributed by atoms with Gasteiger partial charge in [0, 0.05) is 51.5 Å². The van der Waals surface area contributed by atoms with E-state index in [4.69, 9.17) is 9.73 Å². The van der Waals surface area contributed by atoms with E-state index in [9.17, 15) is 0 Å². The maximum Gasteiger partial charge on any atom is 0.193 e. The molecule has 2 aromatic rings. The third-order valence-electron chi connectivity index (χ3n) is 6.25. The van der Waals surface area contributed by atoms with Crippen LogP contribution in [-0.2, 0) is 11.2 Å². The number of halogens is 1. The van der Waals surface area contributed by atoms with Gasteiger partial charge in [-0.05, 0) is 50.8 Å². The van der Waals surface area contributed by atoms with Gasteiger partial charge in [0.05, 0.1) is 24.6 Å². The van der Waals surface area contributed by atoms with Crippen molar-refractivity contribution in [1.82, 2.24) is 24.9 Å². The van der Waals surface area contributed by atoms with Crippen molar-refractivity contribution in [3.8, 4) is 5.69 Å². The molecule has 7 nitrogen and oxygen atoms in total. The van der Waals surface area contributed by atoms with Crippen LogP contribution in [0.5, 0.6) is 0 Å². The highest BCUT2D eigenvalue weighted by atomic mass is 127. The summed E-state index contributed by atoms with van der Waals surface area (Å²) in [5.41, 5.74) is 3.51. The number of aliphatic imine (C=N–C) groups is 1. The number of ether oxygens (including phenoxy) is 1. The summed E-state index contributed by atoms with van der Waals surface area (Å²) in [6, 6.07) is 10.9. The number of benzene rings is 1. The first kappa shape index (κ1) is 25.0. The van der Waals surface area contributed by atoms with Gasteiger partial charge < -0.3 is 15.0 Å². The summed E-state index contributed by atoms with van der Waals surface area (Å²) in [7, 11) is 0. The van der Waals surface area contributed by atoms with Gasteiger partial charge in [-0.2, -0.15) is 5.10 Å². The molecule has 1 aromatic heterocycles. The van der Waals surface area contributed by atoms with Crippen molar-refractivity contribution >= 4 is 29.9 Å². The van der Waals surface area contributed by atoms with E-state index in [0.29, 0.717) is 6.04 Å². The molecule has 8 heteroatoms. The van der Waals surface area contributed by atoms with Crippen molar-refractivity contribution in [3.63, 3.8) is 0 Å². The fourth-order valence-electron chi connectivity index (χ4n) is 4.51. The molecule has 0 spiro atoms. The predicted octanol–water partition coefficient (Wildman–Crippen LogP) is 3.10. The molecule has 0 radical (unpaired) electrons. The monoisotopic (exact) mass is 552 g/mol. The molecular formula is C24H37IN6O. The number of aromatic nitrogens is 2. The Bertz CT molecular complexity index is 849. The fraction of sp³-hybridized carbons (Fsp3) is 0.583. The molecule has 1 unspecified atom stereocenters. The Balaban J connectivity index is 0.00000289. The third kappa shape index (κ3) is 6.45. The number of aryl methyl sites for hydroxylation is 2. The van der Waals surface area contributed by atoms with E-state index in [1.165, 1.54) is 12.0 Å². The van der Waals surface area contributed by atoms with Crippen LogP contribution < -0.4 is 5.32 Å². The zero-order chi connectivity index (χ0) is 21.5. The lowest BCUT2D eigenvalue weighted by atomic mass is 10.1. The lowest BCUT2D eigenvalue weighted by molar-refractivity contribution is 0.0195. The number of morpholine rings is 1. The zero-order valence-corrected chi connectivity index (χ0v) is 21.7. The van der Waals surface area contributed by atoms with Crippen LogP contribution in [0.3, 0.4) is 0 Å². The molecule has 0 bridgehead atoms. The Morgan fingerprint density at radius 3 is 2.72 bits per heavy atom. The van der Waals surface area contributed by atoms with Crippen LogP contribution in [0.1, 0.15) is 31.0 Å². The maximum absolute atomic E-state index is 5.51. The van der Waals surface area contributed by atoms with Crippen molar-refractivity contribution in [1.29, 1.82) is 0 Å². The van der Waals surface area contributed by atoms with Crippen LogP contribution in [0.25, 0.3) is 5.69 Å². The zero-order valence-electron chi connectivity index (χ0n) is 19.4. The number of nitrogens with zero attached hydrogens (tertiary/aromatic N) is 5. The highest BCUT2D eigenvalue weighted by Crippen LogP contribution is 2.17. The van der Waals surface area contributed by atoms with Crippen LogP contribution >= 0.6 is 24.0 Å². The summed E-state index contributed by atoms with van der Waals surface area (Å²) in [4.78, 5) is 9.96. The molecule has 3 heterocycles. The summed E-state index contributed by atoms with van der Waals surface area (Å²) in [5, 5.41) is 8.19. The number of guanidine groups is 1. The summed E-state index contributed by atoms with van der Waals surface area (Å²) in [6.45, 7) is 12.0. The average Bonchev–Trinajstić information content (AvgIpc) is 3.44. The Labute approximate surface area is 209 Å². The van der Waals surface area contributed by atoms with E-state index in [0.717, 1.165) is 82.7 Å². The van der Waals surface area contributed by atoms with Crippen LogP contribution in [0.2, 0.25) is 0 Å². The predicted molar refractivity (Wildman–Crippen MR) is 140 cm³/mol. The second kappa shape index (κ2) is 12.6. The van der Waals surface area contributed by atoms with Gasteiger partial charge in [-0.3, -0.25) is 9.89 Å². The van der Waals surface area contributed by atoms with E-state index in [1.807, 2.05) is 22.9 Å². The lowest BCUT2D eigenvalue weighted by Crippen LogP contribution is -2.46. The van der Waals surface area contributed by atoms with E-state index in [1.54, 1.807) is 0 Å². The molecule has 32 heavy (non-hydrogen) atoms. The molecule has 2 saturated heterocycles. The van der Waals surface area contributed by atoms with E-state index in [2.05, 4.69) is 52.4 Å². The molecule has 0 aliphatic carbocycles. The molecule has 0 saturated carbocycles. The van der Waals surface area contributed by atoms with Gasteiger partial charge >= 0.3 is 0 Å². The van der Waals surface area contributed by atoms with E-state index >= 15 is 0 Å². The minimum atomic E-state index is 0. The van der Waals surface area contributed by atoms with Gasteiger partial charge in [0.1, 0.15) is 0 Å². The molecule has 1 atom stereocenters. The topological polar surface area (TPSA) is 57.9 Å². The standard InChI is InChI=1S/C24H36N6O.HI/c1-3-25-24(29-13-11-23(19-29)28-14-16-31-17-15-28)26-12-7-8-21-18-30(27-20(21)2)22-9-5-4-6-10-22;/h4-6,9-10,18,23H,3,7-8,11-17,19H2,1-2H3,(H,25,26);1H. The second-order valence-electron chi connectivity index (χ2n) is 8.40. The van der Waals surface area contributed by atoms with Crippen molar-refractivity contribution in [2.75, 3.05) is 52.5 Å². The van der Waals surface area contributed by atoms with Crippen molar-refractivity contribution < 1.29 is 4.74 Å². The SMILES string of the molecule is CCNC(=NCCCc1cn(-c2ccccc2)nc1C)N1CCC(N2CCOCC2)C1.I. The first-order chi connectivity index (χ1) is 15.2. The van der Waals surface area contributed by atoms with Crippen molar-refractivity contribution in [2.24, 2.45) is 4.99 Å². The highest BCUT2D eigenvalue weighted by Gasteiger charge is 2.30.